The largest absolute Gasteiger partial charge is 0.387 e. The van der Waals surface area contributed by atoms with Crippen LogP contribution in [0.1, 0.15) is 39.0 Å². The Labute approximate surface area is 79.1 Å². The predicted octanol–water partition coefficient (Wildman–Crippen LogP) is 1.29. The van der Waals surface area contributed by atoms with E-state index in [9.17, 15) is 9.90 Å². The van der Waals surface area contributed by atoms with Crippen LogP contribution in [-0.2, 0) is 9.53 Å². The van der Waals surface area contributed by atoms with E-state index in [4.69, 9.17) is 4.74 Å². The lowest BCUT2D eigenvalue weighted by Gasteiger charge is -2.30. The standard InChI is InChI=1S/C10H18O3/c1-2-7-13-8-10(12)5-3-9(11)4-6-10/h12H,2-8H2,1H3. The molecule has 1 aliphatic rings. The third-order valence-corrected chi connectivity index (χ3v) is 2.46. The van der Waals surface area contributed by atoms with Crippen molar-refractivity contribution in [2.75, 3.05) is 13.2 Å². The maximum Gasteiger partial charge on any atom is 0.133 e. The molecule has 3 nitrogen and oxygen atoms in total. The van der Waals surface area contributed by atoms with Gasteiger partial charge in [-0.2, -0.15) is 0 Å². The second-order valence-corrected chi connectivity index (χ2v) is 3.82. The summed E-state index contributed by atoms with van der Waals surface area (Å²) in [4.78, 5) is 10.9. The van der Waals surface area contributed by atoms with Crippen molar-refractivity contribution >= 4 is 5.78 Å². The lowest BCUT2D eigenvalue weighted by atomic mass is 9.85. The molecule has 0 atom stereocenters. The quantitative estimate of drug-likeness (QED) is 0.673. The molecule has 1 aliphatic carbocycles. The van der Waals surface area contributed by atoms with Crippen LogP contribution in [0.5, 0.6) is 0 Å². The van der Waals surface area contributed by atoms with E-state index in [1.54, 1.807) is 0 Å². The Balaban J connectivity index is 2.26. The van der Waals surface area contributed by atoms with E-state index in [2.05, 4.69) is 0 Å². The second kappa shape index (κ2) is 4.72. The summed E-state index contributed by atoms with van der Waals surface area (Å²) in [6.07, 6.45) is 3.11. The minimum Gasteiger partial charge on any atom is -0.387 e. The molecule has 76 valence electrons. The Hall–Kier alpha value is -0.410. The molecule has 0 heterocycles. The van der Waals surface area contributed by atoms with Crippen molar-refractivity contribution in [3.8, 4) is 0 Å². The van der Waals surface area contributed by atoms with E-state index < -0.39 is 5.60 Å². The van der Waals surface area contributed by atoms with Crippen LogP contribution in [0.3, 0.4) is 0 Å². The minimum absolute atomic E-state index is 0.264. The summed E-state index contributed by atoms with van der Waals surface area (Å²) >= 11 is 0. The normalized spacial score (nSPS) is 21.8. The lowest BCUT2D eigenvalue weighted by Crippen LogP contribution is -2.38. The molecule has 0 aliphatic heterocycles. The van der Waals surface area contributed by atoms with Crippen molar-refractivity contribution in [3.63, 3.8) is 0 Å². The Morgan fingerprint density at radius 3 is 2.62 bits per heavy atom. The Bertz CT molecular complexity index is 167. The molecule has 0 aromatic heterocycles. The molecule has 13 heavy (non-hydrogen) atoms. The van der Waals surface area contributed by atoms with E-state index in [-0.39, 0.29) is 5.78 Å². The van der Waals surface area contributed by atoms with Crippen LogP contribution in [0.4, 0.5) is 0 Å². The highest BCUT2D eigenvalue weighted by atomic mass is 16.5. The number of carbonyl (C=O) groups excluding carboxylic acids is 1. The summed E-state index contributed by atoms with van der Waals surface area (Å²) in [7, 11) is 0. The summed E-state index contributed by atoms with van der Waals surface area (Å²) in [5, 5.41) is 9.94. The van der Waals surface area contributed by atoms with Gasteiger partial charge < -0.3 is 9.84 Å². The van der Waals surface area contributed by atoms with Gasteiger partial charge >= 0.3 is 0 Å². The molecule has 0 unspecified atom stereocenters. The van der Waals surface area contributed by atoms with Gasteiger partial charge in [-0.3, -0.25) is 4.79 Å². The zero-order chi connectivity index (χ0) is 9.73. The molecular formula is C10H18O3. The Morgan fingerprint density at radius 2 is 2.08 bits per heavy atom. The van der Waals surface area contributed by atoms with Gasteiger partial charge in [-0.05, 0) is 19.3 Å². The SMILES string of the molecule is CCCOCC1(O)CCC(=O)CC1. The van der Waals surface area contributed by atoms with Crippen molar-refractivity contribution in [2.24, 2.45) is 0 Å². The van der Waals surface area contributed by atoms with Gasteiger partial charge in [-0.15, -0.1) is 0 Å². The molecule has 1 saturated carbocycles. The minimum atomic E-state index is -0.733. The van der Waals surface area contributed by atoms with Gasteiger partial charge in [0.25, 0.3) is 0 Å². The number of ketones is 1. The van der Waals surface area contributed by atoms with Crippen LogP contribution >= 0.6 is 0 Å². The molecule has 0 saturated heterocycles. The molecule has 0 aromatic rings. The fraction of sp³-hybridized carbons (Fsp3) is 0.900. The molecule has 3 heteroatoms. The first-order valence-electron chi connectivity index (χ1n) is 4.98. The molecule has 0 aromatic carbocycles. The van der Waals surface area contributed by atoms with Crippen molar-refractivity contribution in [1.29, 1.82) is 0 Å². The van der Waals surface area contributed by atoms with E-state index in [1.807, 2.05) is 6.92 Å². The van der Waals surface area contributed by atoms with Crippen LogP contribution in [0.2, 0.25) is 0 Å². The molecule has 0 amide bonds. The Morgan fingerprint density at radius 1 is 1.46 bits per heavy atom. The van der Waals surface area contributed by atoms with Crippen molar-refractivity contribution < 1.29 is 14.6 Å². The third kappa shape index (κ3) is 3.44. The van der Waals surface area contributed by atoms with Crippen molar-refractivity contribution in [1.82, 2.24) is 0 Å². The van der Waals surface area contributed by atoms with Crippen LogP contribution in [-0.4, -0.2) is 29.7 Å². The summed E-state index contributed by atoms with van der Waals surface area (Å²) in [6.45, 7) is 3.11. The van der Waals surface area contributed by atoms with E-state index >= 15 is 0 Å². The highest BCUT2D eigenvalue weighted by molar-refractivity contribution is 5.79. The number of rotatable bonds is 4. The van der Waals surface area contributed by atoms with Crippen molar-refractivity contribution in [3.05, 3.63) is 0 Å². The first kappa shape index (κ1) is 10.7. The number of Topliss-reactive ketones (excluding diaryl/α,β-unsaturated/α-hetero) is 1. The molecule has 0 spiro atoms. The summed E-state index contributed by atoms with van der Waals surface area (Å²) in [5.41, 5.74) is -0.733. The summed E-state index contributed by atoms with van der Waals surface area (Å²) in [5.74, 6) is 0.264. The maximum atomic E-state index is 10.9. The first-order chi connectivity index (χ1) is 6.16. The number of ether oxygens (including phenoxy) is 1. The van der Waals surface area contributed by atoms with Gasteiger partial charge in [0.2, 0.25) is 0 Å². The molecular weight excluding hydrogens is 168 g/mol. The van der Waals surface area contributed by atoms with Gasteiger partial charge in [-0.25, -0.2) is 0 Å². The van der Waals surface area contributed by atoms with E-state index in [0.29, 0.717) is 38.9 Å². The second-order valence-electron chi connectivity index (χ2n) is 3.82. The van der Waals surface area contributed by atoms with Crippen molar-refractivity contribution in [2.45, 2.75) is 44.6 Å². The fourth-order valence-corrected chi connectivity index (χ4v) is 1.55. The smallest absolute Gasteiger partial charge is 0.133 e. The monoisotopic (exact) mass is 186 g/mol. The molecule has 1 rings (SSSR count). The maximum absolute atomic E-state index is 10.9. The molecule has 1 N–H and O–H groups in total. The number of hydrogen-bond acceptors (Lipinski definition) is 3. The topological polar surface area (TPSA) is 46.5 Å². The number of hydrogen-bond donors (Lipinski definition) is 1. The lowest BCUT2D eigenvalue weighted by molar-refractivity contribution is -0.129. The summed E-state index contributed by atoms with van der Waals surface area (Å²) < 4.78 is 5.30. The van der Waals surface area contributed by atoms with Crippen LogP contribution in [0, 0.1) is 0 Å². The molecule has 1 fully saturated rings. The van der Waals surface area contributed by atoms with Crippen LogP contribution in [0.25, 0.3) is 0 Å². The zero-order valence-corrected chi connectivity index (χ0v) is 8.21. The average Bonchev–Trinajstić information content (AvgIpc) is 2.12. The van der Waals surface area contributed by atoms with Gasteiger partial charge in [-0.1, -0.05) is 6.92 Å². The van der Waals surface area contributed by atoms with Gasteiger partial charge in [0.1, 0.15) is 5.78 Å². The Kier molecular flexibility index (Phi) is 3.88. The highest BCUT2D eigenvalue weighted by Crippen LogP contribution is 2.26. The third-order valence-electron chi connectivity index (χ3n) is 2.46. The number of carbonyl (C=O) groups is 1. The van der Waals surface area contributed by atoms with E-state index in [0.717, 1.165) is 6.42 Å². The van der Waals surface area contributed by atoms with E-state index in [1.165, 1.54) is 0 Å². The van der Waals surface area contributed by atoms with Crippen LogP contribution in [0.15, 0.2) is 0 Å². The molecule has 0 radical (unpaired) electrons. The van der Waals surface area contributed by atoms with Gasteiger partial charge in [0.05, 0.1) is 12.2 Å². The van der Waals surface area contributed by atoms with Crippen LogP contribution < -0.4 is 0 Å². The first-order valence-corrected chi connectivity index (χ1v) is 4.98. The van der Waals surface area contributed by atoms with Gasteiger partial charge in [0.15, 0.2) is 0 Å². The summed E-state index contributed by atoms with van der Waals surface area (Å²) in [6, 6.07) is 0. The van der Waals surface area contributed by atoms with Gasteiger partial charge in [0, 0.05) is 19.4 Å². The fourth-order valence-electron chi connectivity index (χ4n) is 1.55. The predicted molar refractivity (Wildman–Crippen MR) is 49.5 cm³/mol. The highest BCUT2D eigenvalue weighted by Gasteiger charge is 2.32. The zero-order valence-electron chi connectivity index (χ0n) is 8.21. The number of aliphatic hydroxyl groups is 1. The molecule has 0 bridgehead atoms. The average molecular weight is 186 g/mol.